The van der Waals surface area contributed by atoms with Gasteiger partial charge in [-0.05, 0) is 68.5 Å². The molecule has 4 rings (SSSR count). The number of likely N-dealkylation sites (N-methyl/N-ethyl adjacent to an activating group) is 1. The Labute approximate surface area is 140 Å². The fourth-order valence-corrected chi connectivity index (χ4v) is 6.24. The van der Waals surface area contributed by atoms with Crippen LogP contribution >= 0.6 is 0 Å². The Kier molecular flexibility index (Phi) is 3.51. The molecule has 0 N–H and O–H groups in total. The summed E-state index contributed by atoms with van der Waals surface area (Å²) in [6.45, 7) is 3.58. The van der Waals surface area contributed by atoms with Gasteiger partial charge in [0.15, 0.2) is 0 Å². The minimum atomic E-state index is -0.0579. The lowest BCUT2D eigenvalue weighted by Gasteiger charge is -2.67. The first-order chi connectivity index (χ1) is 11.1. The first-order valence-electron chi connectivity index (χ1n) is 9.02. The van der Waals surface area contributed by atoms with Crippen LogP contribution in [0.3, 0.4) is 0 Å². The number of methoxy groups -OCH3 is 2. The number of rotatable bonds is 2. The van der Waals surface area contributed by atoms with E-state index in [0.29, 0.717) is 12.0 Å². The topological polar surface area (TPSA) is 21.7 Å². The predicted octanol–water partition coefficient (Wildman–Crippen LogP) is 3.40. The van der Waals surface area contributed by atoms with Crippen LogP contribution in [0.2, 0.25) is 0 Å². The predicted molar refractivity (Wildman–Crippen MR) is 92.2 cm³/mol. The third-order valence-corrected chi connectivity index (χ3v) is 7.22. The van der Waals surface area contributed by atoms with Gasteiger partial charge < -0.3 is 14.4 Å². The molecular weight excluding hydrogens is 286 g/mol. The number of piperidine rings is 1. The van der Waals surface area contributed by atoms with Crippen molar-refractivity contribution in [3.63, 3.8) is 0 Å². The van der Waals surface area contributed by atoms with Gasteiger partial charge >= 0.3 is 0 Å². The fraction of sp³-hybridized carbons (Fsp3) is 0.700. The van der Waals surface area contributed by atoms with E-state index in [4.69, 9.17) is 9.47 Å². The largest absolute Gasteiger partial charge is 0.497 e. The van der Waals surface area contributed by atoms with Crippen LogP contribution in [-0.2, 0) is 16.6 Å². The Morgan fingerprint density at radius 3 is 2.78 bits per heavy atom. The van der Waals surface area contributed by atoms with Gasteiger partial charge in [-0.15, -0.1) is 0 Å². The van der Waals surface area contributed by atoms with Crippen LogP contribution in [0.5, 0.6) is 5.75 Å². The molecule has 0 radical (unpaired) electrons. The van der Waals surface area contributed by atoms with Crippen LogP contribution in [0.15, 0.2) is 18.2 Å². The van der Waals surface area contributed by atoms with E-state index in [1.807, 2.05) is 7.11 Å². The zero-order chi connectivity index (χ0) is 16.2. The van der Waals surface area contributed by atoms with E-state index < -0.39 is 0 Å². The van der Waals surface area contributed by atoms with E-state index >= 15 is 0 Å². The standard InChI is InChI=1S/C20H29NO2/c1-14-6-5-9-19-10-11-21(2)18(20(14,19)23-4)12-15-7-8-16(22-3)13-17(15)19/h7-8,13-14,18H,5-6,9-12H2,1-4H3/t14-,18-,19+,20-/m1/s1. The molecule has 1 aromatic rings. The molecule has 0 amide bonds. The van der Waals surface area contributed by atoms with Crippen molar-refractivity contribution >= 4 is 0 Å². The molecule has 3 nitrogen and oxygen atoms in total. The maximum atomic E-state index is 6.47. The molecule has 4 atom stereocenters. The van der Waals surface area contributed by atoms with Gasteiger partial charge in [0.2, 0.25) is 0 Å². The second-order valence-electron chi connectivity index (χ2n) is 7.85. The van der Waals surface area contributed by atoms with E-state index in [2.05, 4.69) is 37.1 Å². The molecular formula is C20H29NO2. The van der Waals surface area contributed by atoms with E-state index in [0.717, 1.165) is 12.2 Å². The molecule has 0 spiro atoms. The lowest BCUT2D eigenvalue weighted by Crippen LogP contribution is -2.75. The van der Waals surface area contributed by atoms with Gasteiger partial charge in [0.1, 0.15) is 5.75 Å². The van der Waals surface area contributed by atoms with Gasteiger partial charge in [-0.1, -0.05) is 19.4 Å². The average Bonchev–Trinajstić information content (AvgIpc) is 2.58. The number of hydrogen-bond acceptors (Lipinski definition) is 3. The number of hydrogen-bond donors (Lipinski definition) is 0. The highest BCUT2D eigenvalue weighted by Gasteiger charge is 2.66. The van der Waals surface area contributed by atoms with Crippen molar-refractivity contribution in [2.75, 3.05) is 27.8 Å². The molecule has 2 bridgehead atoms. The van der Waals surface area contributed by atoms with Crippen LogP contribution in [0.4, 0.5) is 0 Å². The van der Waals surface area contributed by atoms with Crippen molar-refractivity contribution < 1.29 is 9.47 Å². The van der Waals surface area contributed by atoms with E-state index in [1.54, 1.807) is 7.11 Å². The van der Waals surface area contributed by atoms with E-state index in [1.165, 1.54) is 43.4 Å². The molecule has 0 aromatic heterocycles. The monoisotopic (exact) mass is 315 g/mol. The Morgan fingerprint density at radius 2 is 2.04 bits per heavy atom. The summed E-state index contributed by atoms with van der Waals surface area (Å²) in [4.78, 5) is 2.55. The highest BCUT2D eigenvalue weighted by molar-refractivity contribution is 5.49. The molecule has 1 saturated heterocycles. The molecule has 126 valence electrons. The van der Waals surface area contributed by atoms with Gasteiger partial charge in [0.25, 0.3) is 0 Å². The zero-order valence-corrected chi connectivity index (χ0v) is 14.9. The first-order valence-corrected chi connectivity index (χ1v) is 9.02. The summed E-state index contributed by atoms with van der Waals surface area (Å²) < 4.78 is 12.0. The lowest BCUT2D eigenvalue weighted by molar-refractivity contribution is -0.206. The second-order valence-corrected chi connectivity index (χ2v) is 7.85. The van der Waals surface area contributed by atoms with Crippen LogP contribution in [-0.4, -0.2) is 44.4 Å². The molecule has 3 aliphatic rings. The maximum absolute atomic E-state index is 6.47. The van der Waals surface area contributed by atoms with E-state index in [-0.39, 0.29) is 11.0 Å². The number of fused-ring (bicyclic) bond motifs is 1. The van der Waals surface area contributed by atoms with Crippen molar-refractivity contribution in [1.82, 2.24) is 4.90 Å². The summed E-state index contributed by atoms with van der Waals surface area (Å²) in [6.07, 6.45) is 6.11. The highest BCUT2D eigenvalue weighted by Crippen LogP contribution is 2.61. The molecule has 2 fully saturated rings. The average molecular weight is 315 g/mol. The van der Waals surface area contributed by atoms with Crippen molar-refractivity contribution in [2.45, 2.75) is 56.1 Å². The number of nitrogens with zero attached hydrogens (tertiary/aromatic N) is 1. The van der Waals surface area contributed by atoms with Crippen molar-refractivity contribution in [3.05, 3.63) is 29.3 Å². The molecule has 1 aliphatic heterocycles. The summed E-state index contributed by atoms with van der Waals surface area (Å²) in [5, 5.41) is 0. The van der Waals surface area contributed by atoms with Crippen molar-refractivity contribution in [3.8, 4) is 5.75 Å². The molecule has 3 heteroatoms. The molecule has 23 heavy (non-hydrogen) atoms. The molecule has 1 heterocycles. The van der Waals surface area contributed by atoms with Crippen molar-refractivity contribution in [1.29, 1.82) is 0 Å². The lowest BCUT2D eigenvalue weighted by atomic mass is 9.47. The Morgan fingerprint density at radius 1 is 1.22 bits per heavy atom. The quantitative estimate of drug-likeness (QED) is 0.835. The molecule has 1 aromatic carbocycles. The van der Waals surface area contributed by atoms with Crippen LogP contribution in [0.25, 0.3) is 0 Å². The molecule has 1 saturated carbocycles. The normalized spacial score (nSPS) is 39.5. The summed E-state index contributed by atoms with van der Waals surface area (Å²) >= 11 is 0. The molecule has 2 aliphatic carbocycles. The number of ether oxygens (including phenoxy) is 2. The Hall–Kier alpha value is -1.06. The Bertz CT molecular complexity index is 616. The first kappa shape index (κ1) is 15.5. The number of likely N-dealkylation sites (tertiary alicyclic amines) is 1. The Balaban J connectivity index is 1.98. The summed E-state index contributed by atoms with van der Waals surface area (Å²) in [5.74, 6) is 1.58. The zero-order valence-electron chi connectivity index (χ0n) is 14.9. The SMILES string of the molecule is COc1ccc2c(c1)[C@@]13CCC[C@@H](C)[C@@]1(OC)[C@@H](C2)N(C)CC3. The van der Waals surface area contributed by atoms with Gasteiger partial charge in [0.05, 0.1) is 12.7 Å². The van der Waals surface area contributed by atoms with Gasteiger partial charge in [-0.25, -0.2) is 0 Å². The number of benzene rings is 1. The summed E-state index contributed by atoms with van der Waals surface area (Å²) in [5.41, 5.74) is 3.11. The van der Waals surface area contributed by atoms with Crippen LogP contribution < -0.4 is 4.74 Å². The van der Waals surface area contributed by atoms with E-state index in [9.17, 15) is 0 Å². The highest BCUT2D eigenvalue weighted by atomic mass is 16.5. The van der Waals surface area contributed by atoms with Crippen molar-refractivity contribution in [2.24, 2.45) is 5.92 Å². The minimum absolute atomic E-state index is 0.0579. The molecule has 0 unspecified atom stereocenters. The third kappa shape index (κ3) is 1.78. The van der Waals surface area contributed by atoms with Gasteiger partial charge in [-0.2, -0.15) is 0 Å². The summed E-state index contributed by atoms with van der Waals surface area (Å²) in [6, 6.07) is 7.21. The third-order valence-electron chi connectivity index (χ3n) is 7.22. The van der Waals surface area contributed by atoms with Crippen LogP contribution in [0.1, 0.15) is 43.7 Å². The van der Waals surface area contributed by atoms with Gasteiger partial charge in [-0.3, -0.25) is 0 Å². The maximum Gasteiger partial charge on any atom is 0.119 e. The minimum Gasteiger partial charge on any atom is -0.497 e. The van der Waals surface area contributed by atoms with Crippen LogP contribution in [0, 0.1) is 5.92 Å². The second kappa shape index (κ2) is 5.22. The summed E-state index contributed by atoms with van der Waals surface area (Å²) in [7, 11) is 6.01. The smallest absolute Gasteiger partial charge is 0.119 e. The van der Waals surface area contributed by atoms with Gasteiger partial charge in [0, 0.05) is 18.6 Å². The fourth-order valence-electron chi connectivity index (χ4n) is 6.24.